The monoisotopic (exact) mass is 195 g/mol. The molecule has 2 heterocycles. The number of rotatable bonds is 1. The molecule has 0 bridgehead atoms. The third-order valence-electron chi connectivity index (χ3n) is 1.58. The van der Waals surface area contributed by atoms with Crippen LogP contribution < -0.4 is 16.3 Å². The SMILES string of the molecule is Nc1nc(=O)c2nccnc2n1OO. The smallest absolute Gasteiger partial charge is 0.302 e. The first-order valence-corrected chi connectivity index (χ1v) is 3.55. The molecule has 2 aromatic rings. The van der Waals surface area contributed by atoms with E-state index in [4.69, 9.17) is 11.0 Å². The largest absolute Gasteiger partial charge is 0.366 e. The number of aromatic nitrogens is 4. The topological polar surface area (TPSA) is 116 Å². The van der Waals surface area contributed by atoms with Gasteiger partial charge in [0.05, 0.1) is 0 Å². The molecule has 2 aromatic heterocycles. The van der Waals surface area contributed by atoms with Crippen molar-refractivity contribution in [2.75, 3.05) is 5.73 Å². The van der Waals surface area contributed by atoms with E-state index in [1.807, 2.05) is 0 Å². The number of nitrogens with two attached hydrogens (primary N) is 1. The van der Waals surface area contributed by atoms with E-state index >= 15 is 0 Å². The van der Waals surface area contributed by atoms with Crippen LogP contribution in [-0.2, 0) is 0 Å². The third kappa shape index (κ3) is 1.05. The van der Waals surface area contributed by atoms with Crippen LogP contribution in [0.15, 0.2) is 17.2 Å². The summed E-state index contributed by atoms with van der Waals surface area (Å²) >= 11 is 0. The van der Waals surface area contributed by atoms with Crippen molar-refractivity contribution in [3.05, 3.63) is 22.7 Å². The molecule has 0 aromatic carbocycles. The van der Waals surface area contributed by atoms with Crippen LogP contribution in [0.2, 0.25) is 0 Å². The minimum absolute atomic E-state index is 0.00694. The second-order valence-electron chi connectivity index (χ2n) is 2.38. The Morgan fingerprint density at radius 2 is 2.14 bits per heavy atom. The zero-order chi connectivity index (χ0) is 10.1. The molecule has 0 aliphatic heterocycles. The van der Waals surface area contributed by atoms with Gasteiger partial charge in [-0.1, -0.05) is 4.73 Å². The van der Waals surface area contributed by atoms with Gasteiger partial charge >= 0.3 is 5.56 Å². The van der Waals surface area contributed by atoms with Crippen LogP contribution in [0.1, 0.15) is 0 Å². The lowest BCUT2D eigenvalue weighted by atomic mass is 10.5. The second kappa shape index (κ2) is 2.92. The Morgan fingerprint density at radius 1 is 1.43 bits per heavy atom. The normalized spacial score (nSPS) is 10.4. The summed E-state index contributed by atoms with van der Waals surface area (Å²) < 4.78 is 0.698. The van der Waals surface area contributed by atoms with Crippen LogP contribution in [0.3, 0.4) is 0 Å². The summed E-state index contributed by atoms with van der Waals surface area (Å²) in [6.07, 6.45) is 2.65. The lowest BCUT2D eigenvalue weighted by Crippen LogP contribution is -2.22. The summed E-state index contributed by atoms with van der Waals surface area (Å²) in [6, 6.07) is 0. The summed E-state index contributed by atoms with van der Waals surface area (Å²) in [6.45, 7) is 0. The minimum atomic E-state index is -0.626. The number of nitrogens with zero attached hydrogens (tertiary/aromatic N) is 4. The maximum Gasteiger partial charge on any atom is 0.302 e. The predicted molar refractivity (Wildman–Crippen MR) is 45.2 cm³/mol. The van der Waals surface area contributed by atoms with Gasteiger partial charge in [0.25, 0.3) is 0 Å². The molecule has 0 amide bonds. The van der Waals surface area contributed by atoms with Gasteiger partial charge in [-0.3, -0.25) is 4.79 Å². The lowest BCUT2D eigenvalue weighted by molar-refractivity contribution is -0.237. The summed E-state index contributed by atoms with van der Waals surface area (Å²) in [7, 11) is 0. The predicted octanol–water partition coefficient (Wildman–Crippen LogP) is -1.33. The molecule has 72 valence electrons. The highest BCUT2D eigenvalue weighted by Crippen LogP contribution is 2.03. The summed E-state index contributed by atoms with van der Waals surface area (Å²) in [5, 5.41) is 8.48. The van der Waals surface area contributed by atoms with Crippen LogP contribution in [0, 0.1) is 0 Å². The van der Waals surface area contributed by atoms with Gasteiger partial charge < -0.3 is 5.73 Å². The van der Waals surface area contributed by atoms with Crippen molar-refractivity contribution in [2.24, 2.45) is 0 Å². The molecule has 2 rings (SSSR count). The van der Waals surface area contributed by atoms with E-state index in [2.05, 4.69) is 19.9 Å². The van der Waals surface area contributed by atoms with E-state index < -0.39 is 5.56 Å². The number of hydrogen-bond acceptors (Lipinski definition) is 7. The van der Waals surface area contributed by atoms with Crippen LogP contribution in [-0.4, -0.2) is 24.9 Å². The fraction of sp³-hybridized carbons (Fsp3) is 0. The van der Waals surface area contributed by atoms with Gasteiger partial charge in [0, 0.05) is 12.4 Å². The van der Waals surface area contributed by atoms with Crippen molar-refractivity contribution >= 4 is 17.1 Å². The Hall–Kier alpha value is -2.22. The van der Waals surface area contributed by atoms with Crippen molar-refractivity contribution in [3.8, 4) is 0 Å². The molecule has 8 heteroatoms. The third-order valence-corrected chi connectivity index (χ3v) is 1.58. The van der Waals surface area contributed by atoms with Gasteiger partial charge in [-0.25, -0.2) is 15.0 Å². The Morgan fingerprint density at radius 3 is 2.86 bits per heavy atom. The molecular formula is C6H5N5O3. The van der Waals surface area contributed by atoms with Crippen LogP contribution in [0.25, 0.3) is 11.2 Å². The Kier molecular flexibility index (Phi) is 1.75. The highest BCUT2D eigenvalue weighted by atomic mass is 17.2. The maximum atomic E-state index is 11.2. The molecule has 0 aliphatic carbocycles. The first-order chi connectivity index (χ1) is 6.74. The summed E-state index contributed by atoms with van der Waals surface area (Å²) in [5.41, 5.74) is 4.65. The van der Waals surface area contributed by atoms with Crippen LogP contribution >= 0.6 is 0 Å². The average molecular weight is 195 g/mol. The molecule has 0 unspecified atom stereocenters. The van der Waals surface area contributed by atoms with E-state index in [-0.39, 0.29) is 17.1 Å². The first kappa shape index (κ1) is 8.38. The van der Waals surface area contributed by atoms with E-state index in [1.54, 1.807) is 0 Å². The Balaban J connectivity index is 2.98. The van der Waals surface area contributed by atoms with Crippen molar-refractivity contribution in [2.45, 2.75) is 0 Å². The first-order valence-electron chi connectivity index (χ1n) is 3.55. The molecule has 14 heavy (non-hydrogen) atoms. The fourth-order valence-corrected chi connectivity index (χ4v) is 1.02. The molecule has 0 fully saturated rings. The molecule has 8 nitrogen and oxygen atoms in total. The van der Waals surface area contributed by atoms with Crippen LogP contribution in [0.5, 0.6) is 0 Å². The van der Waals surface area contributed by atoms with Gasteiger partial charge in [-0.05, 0) is 0 Å². The van der Waals surface area contributed by atoms with Gasteiger partial charge in [-0.2, -0.15) is 10.2 Å². The standard InChI is InChI=1S/C6H5N5O3/c7-6-10-5(12)3-4(11(6)14-13)9-2-1-8-3/h1-2,13H,(H2,7,10,12). The van der Waals surface area contributed by atoms with Gasteiger partial charge in [0.1, 0.15) is 0 Å². The summed E-state index contributed by atoms with van der Waals surface area (Å²) in [4.78, 5) is 26.0. The molecule has 0 radical (unpaired) electrons. The zero-order valence-electron chi connectivity index (χ0n) is 6.78. The number of nitrogen functional groups attached to an aromatic ring is 1. The minimum Gasteiger partial charge on any atom is -0.366 e. The van der Waals surface area contributed by atoms with Gasteiger partial charge in [-0.15, -0.1) is 0 Å². The van der Waals surface area contributed by atoms with Crippen LogP contribution in [0.4, 0.5) is 5.95 Å². The number of hydrogen-bond donors (Lipinski definition) is 2. The van der Waals surface area contributed by atoms with Crippen molar-refractivity contribution in [3.63, 3.8) is 0 Å². The highest BCUT2D eigenvalue weighted by Gasteiger charge is 2.10. The fourth-order valence-electron chi connectivity index (χ4n) is 1.02. The molecule has 0 saturated carbocycles. The van der Waals surface area contributed by atoms with E-state index in [0.29, 0.717) is 4.73 Å². The lowest BCUT2D eigenvalue weighted by Gasteiger charge is -2.05. The molecule has 0 saturated heterocycles. The maximum absolute atomic E-state index is 11.2. The summed E-state index contributed by atoms with van der Waals surface area (Å²) in [5.74, 6) is -0.300. The zero-order valence-corrected chi connectivity index (χ0v) is 6.78. The molecule has 0 aliphatic rings. The van der Waals surface area contributed by atoms with E-state index in [1.165, 1.54) is 12.4 Å². The number of fused-ring (bicyclic) bond motifs is 1. The van der Waals surface area contributed by atoms with Crippen molar-refractivity contribution < 1.29 is 10.2 Å². The van der Waals surface area contributed by atoms with Crippen molar-refractivity contribution in [1.29, 1.82) is 0 Å². The number of anilines is 1. The quantitative estimate of drug-likeness (QED) is 0.427. The average Bonchev–Trinajstić information content (AvgIpc) is 2.18. The second-order valence-corrected chi connectivity index (χ2v) is 2.38. The van der Waals surface area contributed by atoms with E-state index in [0.717, 1.165) is 0 Å². The molecule has 0 spiro atoms. The Bertz CT molecular complexity index is 536. The van der Waals surface area contributed by atoms with Gasteiger partial charge in [0.15, 0.2) is 5.52 Å². The molecule has 0 atom stereocenters. The van der Waals surface area contributed by atoms with E-state index in [9.17, 15) is 4.79 Å². The Labute approximate surface area is 76.5 Å². The molecular weight excluding hydrogens is 190 g/mol. The highest BCUT2D eigenvalue weighted by molar-refractivity contribution is 5.69. The van der Waals surface area contributed by atoms with Crippen molar-refractivity contribution in [1.82, 2.24) is 19.7 Å². The molecule has 3 N–H and O–H groups in total. The van der Waals surface area contributed by atoms with Gasteiger partial charge in [0.2, 0.25) is 11.6 Å².